The first-order chi connectivity index (χ1) is 7.61. The Morgan fingerprint density at radius 3 is 2.38 bits per heavy atom. The second-order valence-electron chi connectivity index (χ2n) is 6.59. The van der Waals surface area contributed by atoms with Crippen molar-refractivity contribution in [3.05, 3.63) is 0 Å². The van der Waals surface area contributed by atoms with Gasteiger partial charge in [0.25, 0.3) is 0 Å². The highest BCUT2D eigenvalue weighted by molar-refractivity contribution is 5.77. The third-order valence-electron chi connectivity index (χ3n) is 5.55. The van der Waals surface area contributed by atoms with Gasteiger partial charge in [0.1, 0.15) is 0 Å². The smallest absolute Gasteiger partial charge is 0.311 e. The van der Waals surface area contributed by atoms with E-state index in [2.05, 4.69) is 6.92 Å². The van der Waals surface area contributed by atoms with Crippen molar-refractivity contribution < 1.29 is 9.53 Å². The van der Waals surface area contributed by atoms with E-state index in [1.165, 1.54) is 25.7 Å². The maximum atomic E-state index is 12.1. The summed E-state index contributed by atoms with van der Waals surface area (Å²) in [5.74, 6) is 1.69. The molecule has 0 saturated heterocycles. The van der Waals surface area contributed by atoms with E-state index < -0.39 is 0 Å². The predicted octanol–water partition coefficient (Wildman–Crippen LogP) is 3.16. The molecule has 0 aromatic heterocycles. The van der Waals surface area contributed by atoms with Crippen LogP contribution in [0.2, 0.25) is 0 Å². The van der Waals surface area contributed by atoms with Gasteiger partial charge in [-0.25, -0.2) is 0 Å². The fraction of sp³-hybridized carbons (Fsp3) is 0.929. The SMILES string of the molecule is CCC12CC3CC(C1)CC(C(=O)OC)(C3)C2. The lowest BCUT2D eigenvalue weighted by Gasteiger charge is -2.60. The summed E-state index contributed by atoms with van der Waals surface area (Å²) in [5, 5.41) is 0. The van der Waals surface area contributed by atoms with Crippen LogP contribution in [0.5, 0.6) is 0 Å². The summed E-state index contributed by atoms with van der Waals surface area (Å²) < 4.78 is 5.09. The molecule has 0 amide bonds. The summed E-state index contributed by atoms with van der Waals surface area (Å²) in [6, 6.07) is 0. The van der Waals surface area contributed by atoms with E-state index >= 15 is 0 Å². The second kappa shape index (κ2) is 3.24. The molecule has 0 aromatic rings. The zero-order chi connectivity index (χ0) is 11.4. The van der Waals surface area contributed by atoms with Crippen LogP contribution in [0.25, 0.3) is 0 Å². The van der Waals surface area contributed by atoms with Gasteiger partial charge in [-0.05, 0) is 55.8 Å². The molecule has 4 bridgehead atoms. The number of hydrogen-bond acceptors (Lipinski definition) is 2. The molecule has 4 fully saturated rings. The van der Waals surface area contributed by atoms with E-state index in [1.807, 2.05) is 0 Å². The molecule has 0 aromatic carbocycles. The molecule has 90 valence electrons. The average molecular weight is 222 g/mol. The topological polar surface area (TPSA) is 26.3 Å². The van der Waals surface area contributed by atoms with Crippen LogP contribution in [-0.4, -0.2) is 13.1 Å². The van der Waals surface area contributed by atoms with Crippen molar-refractivity contribution in [2.75, 3.05) is 7.11 Å². The van der Waals surface area contributed by atoms with E-state index in [0.717, 1.165) is 31.1 Å². The summed E-state index contributed by atoms with van der Waals surface area (Å²) in [6.07, 6.45) is 8.70. The Bertz CT molecular complexity index is 307. The molecule has 0 radical (unpaired) electrons. The Hall–Kier alpha value is -0.530. The summed E-state index contributed by atoms with van der Waals surface area (Å²) in [6.45, 7) is 2.30. The van der Waals surface area contributed by atoms with Gasteiger partial charge in [-0.3, -0.25) is 4.79 Å². The molecule has 2 nitrogen and oxygen atoms in total. The van der Waals surface area contributed by atoms with E-state index in [9.17, 15) is 4.79 Å². The fourth-order valence-electron chi connectivity index (χ4n) is 5.32. The predicted molar refractivity (Wildman–Crippen MR) is 61.9 cm³/mol. The molecular weight excluding hydrogens is 200 g/mol. The van der Waals surface area contributed by atoms with Crippen LogP contribution in [0.1, 0.15) is 51.9 Å². The van der Waals surface area contributed by atoms with Crippen molar-refractivity contribution in [1.29, 1.82) is 0 Å². The van der Waals surface area contributed by atoms with Gasteiger partial charge >= 0.3 is 5.97 Å². The summed E-state index contributed by atoms with van der Waals surface area (Å²) in [7, 11) is 1.56. The van der Waals surface area contributed by atoms with Crippen LogP contribution in [0.15, 0.2) is 0 Å². The van der Waals surface area contributed by atoms with Gasteiger partial charge in [0.05, 0.1) is 12.5 Å². The Morgan fingerprint density at radius 1 is 1.25 bits per heavy atom. The Kier molecular flexibility index (Phi) is 2.15. The van der Waals surface area contributed by atoms with Gasteiger partial charge in [0.15, 0.2) is 0 Å². The van der Waals surface area contributed by atoms with E-state index in [4.69, 9.17) is 4.74 Å². The first-order valence-electron chi connectivity index (χ1n) is 6.70. The van der Waals surface area contributed by atoms with Crippen LogP contribution >= 0.6 is 0 Å². The molecule has 0 spiro atoms. The minimum atomic E-state index is -0.0884. The Morgan fingerprint density at radius 2 is 1.88 bits per heavy atom. The zero-order valence-electron chi connectivity index (χ0n) is 10.4. The third-order valence-corrected chi connectivity index (χ3v) is 5.55. The maximum absolute atomic E-state index is 12.1. The molecule has 2 heteroatoms. The number of carbonyl (C=O) groups is 1. The van der Waals surface area contributed by atoms with Gasteiger partial charge in [-0.1, -0.05) is 13.3 Å². The largest absolute Gasteiger partial charge is 0.469 e. The number of methoxy groups -OCH3 is 1. The minimum Gasteiger partial charge on any atom is -0.469 e. The van der Waals surface area contributed by atoms with Gasteiger partial charge < -0.3 is 4.74 Å². The highest BCUT2D eigenvalue weighted by Crippen LogP contribution is 2.66. The maximum Gasteiger partial charge on any atom is 0.311 e. The zero-order valence-corrected chi connectivity index (χ0v) is 10.4. The van der Waals surface area contributed by atoms with Gasteiger partial charge in [0, 0.05) is 0 Å². The van der Waals surface area contributed by atoms with Crippen LogP contribution in [-0.2, 0) is 9.53 Å². The van der Waals surface area contributed by atoms with Gasteiger partial charge in [0.2, 0.25) is 0 Å². The van der Waals surface area contributed by atoms with Gasteiger partial charge in [-0.15, -0.1) is 0 Å². The van der Waals surface area contributed by atoms with Crippen molar-refractivity contribution in [3.63, 3.8) is 0 Å². The number of rotatable bonds is 2. The normalized spacial score (nSPS) is 49.4. The number of hydrogen-bond donors (Lipinski definition) is 0. The molecular formula is C14H22O2. The molecule has 4 saturated carbocycles. The molecule has 2 unspecified atom stereocenters. The highest BCUT2D eigenvalue weighted by Gasteiger charge is 2.60. The fourth-order valence-corrected chi connectivity index (χ4v) is 5.32. The molecule has 2 atom stereocenters. The third kappa shape index (κ3) is 1.28. The van der Waals surface area contributed by atoms with Gasteiger partial charge in [-0.2, -0.15) is 0 Å². The molecule has 4 rings (SSSR count). The number of esters is 1. The molecule has 4 aliphatic carbocycles. The molecule has 16 heavy (non-hydrogen) atoms. The van der Waals surface area contributed by atoms with Crippen molar-refractivity contribution in [2.45, 2.75) is 51.9 Å². The molecule has 0 N–H and O–H groups in total. The Labute approximate surface area is 97.7 Å². The molecule has 0 aliphatic heterocycles. The second-order valence-corrected chi connectivity index (χ2v) is 6.59. The van der Waals surface area contributed by atoms with E-state index in [1.54, 1.807) is 7.11 Å². The summed E-state index contributed by atoms with van der Waals surface area (Å²) in [5.41, 5.74) is 0.396. The highest BCUT2D eigenvalue weighted by atomic mass is 16.5. The lowest BCUT2D eigenvalue weighted by molar-refractivity contribution is -0.178. The number of carbonyl (C=O) groups excluding carboxylic acids is 1. The van der Waals surface area contributed by atoms with E-state index in [0.29, 0.717) is 5.41 Å². The Balaban J connectivity index is 1.95. The first-order valence-corrected chi connectivity index (χ1v) is 6.70. The lowest BCUT2D eigenvalue weighted by atomic mass is 9.43. The van der Waals surface area contributed by atoms with Crippen LogP contribution < -0.4 is 0 Å². The molecule has 4 aliphatic rings. The quantitative estimate of drug-likeness (QED) is 0.671. The number of ether oxygens (including phenoxy) is 1. The first kappa shape index (κ1) is 10.6. The minimum absolute atomic E-state index is 0.0828. The van der Waals surface area contributed by atoms with Crippen LogP contribution in [0.4, 0.5) is 0 Å². The van der Waals surface area contributed by atoms with Crippen LogP contribution in [0, 0.1) is 22.7 Å². The monoisotopic (exact) mass is 222 g/mol. The van der Waals surface area contributed by atoms with Crippen molar-refractivity contribution >= 4 is 5.97 Å². The van der Waals surface area contributed by atoms with Crippen molar-refractivity contribution in [2.24, 2.45) is 22.7 Å². The van der Waals surface area contributed by atoms with Crippen molar-refractivity contribution in [1.82, 2.24) is 0 Å². The summed E-state index contributed by atoms with van der Waals surface area (Å²) >= 11 is 0. The summed E-state index contributed by atoms with van der Waals surface area (Å²) in [4.78, 5) is 12.1. The lowest BCUT2D eigenvalue weighted by Crippen LogP contribution is -2.55. The van der Waals surface area contributed by atoms with Crippen molar-refractivity contribution in [3.8, 4) is 0 Å². The van der Waals surface area contributed by atoms with Crippen LogP contribution in [0.3, 0.4) is 0 Å². The molecule has 0 heterocycles. The standard InChI is InChI=1S/C14H22O2/c1-3-13-5-10-4-11(6-13)8-14(7-10,9-13)12(15)16-2/h10-11H,3-9H2,1-2H3. The van der Waals surface area contributed by atoms with E-state index in [-0.39, 0.29) is 11.4 Å². The average Bonchev–Trinajstić information content (AvgIpc) is 2.26.